The second-order valence-corrected chi connectivity index (χ2v) is 4.48. The number of rotatable bonds is 8. The maximum absolute atomic E-state index is 11.5. The molecule has 0 spiro atoms. The Bertz CT molecular complexity index is 385. The molecule has 0 saturated heterocycles. The average molecular weight is 285 g/mol. The monoisotopic (exact) mass is 284 g/mol. The molecule has 0 aromatic heterocycles. The minimum Gasteiger partial charge on any atom is -0.382 e. The number of amides is 2. The van der Waals surface area contributed by atoms with Crippen molar-refractivity contribution < 1.29 is 9.53 Å². The third kappa shape index (κ3) is 7.03. The van der Waals surface area contributed by atoms with Crippen molar-refractivity contribution in [2.24, 2.45) is 0 Å². The lowest BCUT2D eigenvalue weighted by atomic mass is 10.1. The first-order valence-corrected chi connectivity index (χ1v) is 6.94. The van der Waals surface area contributed by atoms with Crippen molar-refractivity contribution in [3.63, 3.8) is 0 Å². The van der Waals surface area contributed by atoms with Crippen LogP contribution in [0.1, 0.15) is 18.9 Å². The third-order valence-electron chi connectivity index (χ3n) is 2.59. The van der Waals surface area contributed by atoms with E-state index in [1.165, 1.54) is 0 Å². The van der Waals surface area contributed by atoms with Gasteiger partial charge in [-0.15, -0.1) is 0 Å². The van der Waals surface area contributed by atoms with Crippen molar-refractivity contribution in [1.82, 2.24) is 10.6 Å². The Morgan fingerprint density at radius 1 is 1.26 bits per heavy atom. The van der Waals surface area contributed by atoms with Gasteiger partial charge in [-0.25, -0.2) is 4.79 Å². The van der Waals surface area contributed by atoms with Gasteiger partial charge in [0.25, 0.3) is 0 Å². The van der Waals surface area contributed by atoms with E-state index >= 15 is 0 Å². The van der Waals surface area contributed by atoms with Crippen molar-refractivity contribution in [3.8, 4) is 0 Å². The van der Waals surface area contributed by atoms with E-state index in [0.717, 1.165) is 23.4 Å². The highest BCUT2D eigenvalue weighted by Crippen LogP contribution is 2.14. The summed E-state index contributed by atoms with van der Waals surface area (Å²) in [6, 6.07) is 7.50. The van der Waals surface area contributed by atoms with Crippen LogP contribution in [0.4, 0.5) is 4.79 Å². The summed E-state index contributed by atoms with van der Waals surface area (Å²) >= 11 is 6.03. The smallest absolute Gasteiger partial charge is 0.314 e. The van der Waals surface area contributed by atoms with Crippen LogP contribution in [0.25, 0.3) is 0 Å². The molecule has 5 heteroatoms. The summed E-state index contributed by atoms with van der Waals surface area (Å²) in [7, 11) is 0. The molecule has 0 aliphatic carbocycles. The molecular formula is C14H21ClN2O2. The van der Waals surface area contributed by atoms with Gasteiger partial charge in [0, 0.05) is 31.3 Å². The molecule has 19 heavy (non-hydrogen) atoms. The molecule has 0 fully saturated rings. The fourth-order valence-electron chi connectivity index (χ4n) is 1.59. The highest BCUT2D eigenvalue weighted by molar-refractivity contribution is 6.31. The lowest BCUT2D eigenvalue weighted by Gasteiger charge is -2.08. The van der Waals surface area contributed by atoms with E-state index in [1.807, 2.05) is 31.2 Å². The van der Waals surface area contributed by atoms with Crippen molar-refractivity contribution in [2.75, 3.05) is 26.3 Å². The summed E-state index contributed by atoms with van der Waals surface area (Å²) in [6.07, 6.45) is 1.55. The molecule has 106 valence electrons. The topological polar surface area (TPSA) is 50.4 Å². The second kappa shape index (κ2) is 9.64. The standard InChI is InChI=1S/C14H21ClN2O2/c1-2-19-11-5-9-16-14(18)17-10-8-12-6-3-4-7-13(12)15/h3-4,6-7H,2,5,8-11H2,1H3,(H2,16,17,18). The number of halogens is 1. The van der Waals surface area contributed by atoms with Crippen molar-refractivity contribution in [1.29, 1.82) is 0 Å². The Balaban J connectivity index is 2.09. The molecular weight excluding hydrogens is 264 g/mol. The highest BCUT2D eigenvalue weighted by atomic mass is 35.5. The van der Waals surface area contributed by atoms with Crippen LogP contribution in [0, 0.1) is 0 Å². The summed E-state index contributed by atoms with van der Waals surface area (Å²) in [5.74, 6) is 0. The molecule has 2 amide bonds. The zero-order chi connectivity index (χ0) is 13.9. The normalized spacial score (nSPS) is 10.2. The number of benzene rings is 1. The van der Waals surface area contributed by atoms with Crippen LogP contribution in [0.15, 0.2) is 24.3 Å². The van der Waals surface area contributed by atoms with E-state index in [-0.39, 0.29) is 6.03 Å². The number of hydrogen-bond donors (Lipinski definition) is 2. The number of urea groups is 1. The van der Waals surface area contributed by atoms with Gasteiger partial charge < -0.3 is 15.4 Å². The molecule has 0 heterocycles. The summed E-state index contributed by atoms with van der Waals surface area (Å²) in [4.78, 5) is 11.5. The second-order valence-electron chi connectivity index (χ2n) is 4.07. The Labute approximate surface area is 119 Å². The number of carbonyl (C=O) groups excluding carboxylic acids is 1. The van der Waals surface area contributed by atoms with E-state index in [2.05, 4.69) is 10.6 Å². The summed E-state index contributed by atoms with van der Waals surface area (Å²) in [5.41, 5.74) is 1.04. The molecule has 1 rings (SSSR count). The van der Waals surface area contributed by atoms with Gasteiger partial charge in [-0.05, 0) is 31.4 Å². The summed E-state index contributed by atoms with van der Waals surface area (Å²) < 4.78 is 5.18. The fraction of sp³-hybridized carbons (Fsp3) is 0.500. The quantitative estimate of drug-likeness (QED) is 0.721. The van der Waals surface area contributed by atoms with Crippen LogP contribution in [0.2, 0.25) is 5.02 Å². The van der Waals surface area contributed by atoms with Crippen LogP contribution >= 0.6 is 11.6 Å². The zero-order valence-corrected chi connectivity index (χ0v) is 12.0. The molecule has 1 aromatic carbocycles. The molecule has 0 saturated carbocycles. The van der Waals surface area contributed by atoms with Crippen LogP contribution in [-0.4, -0.2) is 32.3 Å². The highest BCUT2D eigenvalue weighted by Gasteiger charge is 2.01. The fourth-order valence-corrected chi connectivity index (χ4v) is 1.83. The average Bonchev–Trinajstić information content (AvgIpc) is 2.41. The Morgan fingerprint density at radius 3 is 2.74 bits per heavy atom. The molecule has 4 nitrogen and oxygen atoms in total. The lowest BCUT2D eigenvalue weighted by Crippen LogP contribution is -2.37. The van der Waals surface area contributed by atoms with Gasteiger partial charge in [0.2, 0.25) is 0 Å². The first-order valence-electron chi connectivity index (χ1n) is 6.57. The summed E-state index contributed by atoms with van der Waals surface area (Å²) in [6.45, 7) is 4.54. The Kier molecular flexibility index (Phi) is 8.02. The molecule has 0 aliphatic heterocycles. The number of carbonyl (C=O) groups is 1. The molecule has 0 bridgehead atoms. The van der Waals surface area contributed by atoms with Crippen LogP contribution in [0.3, 0.4) is 0 Å². The maximum atomic E-state index is 11.5. The van der Waals surface area contributed by atoms with E-state index in [0.29, 0.717) is 26.3 Å². The number of ether oxygens (including phenoxy) is 1. The number of nitrogens with one attached hydrogen (secondary N) is 2. The van der Waals surface area contributed by atoms with Crippen molar-refractivity contribution in [2.45, 2.75) is 19.8 Å². The van der Waals surface area contributed by atoms with Crippen molar-refractivity contribution in [3.05, 3.63) is 34.9 Å². The van der Waals surface area contributed by atoms with Gasteiger partial charge in [-0.3, -0.25) is 0 Å². The summed E-state index contributed by atoms with van der Waals surface area (Å²) in [5, 5.41) is 6.32. The molecule has 0 unspecified atom stereocenters. The Morgan fingerprint density at radius 2 is 2.00 bits per heavy atom. The van der Waals surface area contributed by atoms with E-state index in [1.54, 1.807) is 0 Å². The zero-order valence-electron chi connectivity index (χ0n) is 11.2. The largest absolute Gasteiger partial charge is 0.382 e. The molecule has 1 aromatic rings. The van der Waals surface area contributed by atoms with Gasteiger partial charge in [0.1, 0.15) is 0 Å². The van der Waals surface area contributed by atoms with Gasteiger partial charge in [0.15, 0.2) is 0 Å². The maximum Gasteiger partial charge on any atom is 0.314 e. The molecule has 0 atom stereocenters. The van der Waals surface area contributed by atoms with Crippen molar-refractivity contribution >= 4 is 17.6 Å². The van der Waals surface area contributed by atoms with Crippen LogP contribution in [0.5, 0.6) is 0 Å². The van der Waals surface area contributed by atoms with Crippen LogP contribution < -0.4 is 10.6 Å². The minimum atomic E-state index is -0.149. The van der Waals surface area contributed by atoms with Gasteiger partial charge >= 0.3 is 6.03 Å². The van der Waals surface area contributed by atoms with Gasteiger partial charge in [-0.2, -0.15) is 0 Å². The molecule has 2 N–H and O–H groups in total. The third-order valence-corrected chi connectivity index (χ3v) is 2.96. The first-order chi connectivity index (χ1) is 9.24. The minimum absolute atomic E-state index is 0.149. The van der Waals surface area contributed by atoms with E-state index < -0.39 is 0 Å². The van der Waals surface area contributed by atoms with E-state index in [4.69, 9.17) is 16.3 Å². The molecule has 0 aliphatic rings. The SMILES string of the molecule is CCOCCCNC(=O)NCCc1ccccc1Cl. The predicted octanol–water partition coefficient (Wildman–Crippen LogP) is 2.61. The predicted molar refractivity (Wildman–Crippen MR) is 77.7 cm³/mol. The lowest BCUT2D eigenvalue weighted by molar-refractivity contribution is 0.145. The Hall–Kier alpha value is -1.26. The molecule has 0 radical (unpaired) electrons. The van der Waals surface area contributed by atoms with E-state index in [9.17, 15) is 4.79 Å². The number of hydrogen-bond acceptors (Lipinski definition) is 2. The van der Waals surface area contributed by atoms with Crippen LogP contribution in [-0.2, 0) is 11.2 Å². The van der Waals surface area contributed by atoms with Gasteiger partial charge in [-0.1, -0.05) is 29.8 Å². The first kappa shape index (κ1) is 15.8. The van der Waals surface area contributed by atoms with Gasteiger partial charge in [0.05, 0.1) is 0 Å².